The van der Waals surface area contributed by atoms with Crippen molar-refractivity contribution in [2.24, 2.45) is 0 Å². The summed E-state index contributed by atoms with van der Waals surface area (Å²) in [6.07, 6.45) is 0. The molecule has 0 unspecified atom stereocenters. The molecular formula is C19H27NO3. The third-order valence-electron chi connectivity index (χ3n) is 4.42. The number of hydrogen-bond acceptors (Lipinski definition) is 2. The van der Waals surface area contributed by atoms with E-state index >= 15 is 0 Å². The SMILES string of the molecule is Cc1c(C(C)C)c2cc(C(=O)O)cc(C(C)(C)C)c2n1CCO. The zero-order valence-corrected chi connectivity index (χ0v) is 14.9. The Labute approximate surface area is 137 Å². The molecule has 2 aromatic rings. The highest BCUT2D eigenvalue weighted by Crippen LogP contribution is 2.38. The molecule has 0 aliphatic rings. The Balaban J connectivity index is 3.02. The number of aromatic carboxylic acids is 1. The van der Waals surface area contributed by atoms with Gasteiger partial charge in [0.2, 0.25) is 0 Å². The molecule has 4 heteroatoms. The molecule has 2 N–H and O–H groups in total. The van der Waals surface area contributed by atoms with Gasteiger partial charge < -0.3 is 14.8 Å². The van der Waals surface area contributed by atoms with Crippen LogP contribution in [-0.2, 0) is 12.0 Å². The summed E-state index contributed by atoms with van der Waals surface area (Å²) < 4.78 is 2.14. The van der Waals surface area contributed by atoms with E-state index in [0.29, 0.717) is 12.1 Å². The molecule has 0 fully saturated rings. The van der Waals surface area contributed by atoms with Gasteiger partial charge in [-0.2, -0.15) is 0 Å². The molecule has 0 spiro atoms. The van der Waals surface area contributed by atoms with Gasteiger partial charge in [0.25, 0.3) is 0 Å². The Hall–Kier alpha value is -1.81. The van der Waals surface area contributed by atoms with Gasteiger partial charge in [0, 0.05) is 17.6 Å². The second-order valence-corrected chi connectivity index (χ2v) is 7.50. The number of carboxylic acids is 1. The Morgan fingerprint density at radius 3 is 2.30 bits per heavy atom. The van der Waals surface area contributed by atoms with Crippen molar-refractivity contribution in [2.45, 2.75) is 59.4 Å². The summed E-state index contributed by atoms with van der Waals surface area (Å²) in [7, 11) is 0. The first kappa shape index (κ1) is 17.5. The molecule has 126 valence electrons. The van der Waals surface area contributed by atoms with Crippen molar-refractivity contribution in [1.82, 2.24) is 4.57 Å². The average Bonchev–Trinajstić information content (AvgIpc) is 2.69. The fourth-order valence-corrected chi connectivity index (χ4v) is 3.44. The summed E-state index contributed by atoms with van der Waals surface area (Å²) in [6.45, 7) is 13.1. The first-order chi connectivity index (χ1) is 10.6. The summed E-state index contributed by atoms with van der Waals surface area (Å²) in [4.78, 5) is 11.6. The number of carbonyl (C=O) groups is 1. The molecule has 23 heavy (non-hydrogen) atoms. The van der Waals surface area contributed by atoms with Gasteiger partial charge in [-0.3, -0.25) is 0 Å². The quantitative estimate of drug-likeness (QED) is 0.894. The molecule has 4 nitrogen and oxygen atoms in total. The maximum atomic E-state index is 11.6. The monoisotopic (exact) mass is 317 g/mol. The normalized spacial score (nSPS) is 12.3. The molecule has 1 aromatic carbocycles. The third kappa shape index (κ3) is 3.00. The third-order valence-corrected chi connectivity index (χ3v) is 4.42. The minimum absolute atomic E-state index is 0.0619. The van der Waals surface area contributed by atoms with Gasteiger partial charge in [-0.1, -0.05) is 34.6 Å². The van der Waals surface area contributed by atoms with Crippen LogP contribution in [0.25, 0.3) is 10.9 Å². The lowest BCUT2D eigenvalue weighted by Gasteiger charge is -2.23. The van der Waals surface area contributed by atoms with Crippen LogP contribution >= 0.6 is 0 Å². The number of hydrogen-bond donors (Lipinski definition) is 2. The zero-order valence-electron chi connectivity index (χ0n) is 14.9. The van der Waals surface area contributed by atoms with E-state index in [2.05, 4.69) is 46.1 Å². The first-order valence-corrected chi connectivity index (χ1v) is 8.11. The number of aromatic nitrogens is 1. The van der Waals surface area contributed by atoms with E-state index in [0.717, 1.165) is 22.2 Å². The predicted molar refractivity (Wildman–Crippen MR) is 93.5 cm³/mol. The minimum atomic E-state index is -0.903. The van der Waals surface area contributed by atoms with E-state index in [-0.39, 0.29) is 17.9 Å². The van der Waals surface area contributed by atoms with Crippen LogP contribution in [0.1, 0.15) is 67.7 Å². The molecule has 0 saturated heterocycles. The highest BCUT2D eigenvalue weighted by atomic mass is 16.4. The second kappa shape index (κ2) is 6.00. The Kier molecular flexibility index (Phi) is 4.58. The van der Waals surface area contributed by atoms with Crippen molar-refractivity contribution >= 4 is 16.9 Å². The van der Waals surface area contributed by atoms with E-state index in [1.807, 2.05) is 0 Å². The number of benzene rings is 1. The van der Waals surface area contributed by atoms with E-state index in [1.54, 1.807) is 12.1 Å². The van der Waals surface area contributed by atoms with Crippen LogP contribution in [-0.4, -0.2) is 27.4 Å². The number of rotatable bonds is 4. The fourth-order valence-electron chi connectivity index (χ4n) is 3.44. The average molecular weight is 317 g/mol. The van der Waals surface area contributed by atoms with Gasteiger partial charge >= 0.3 is 5.97 Å². The van der Waals surface area contributed by atoms with Gasteiger partial charge in [-0.05, 0) is 41.5 Å². The summed E-state index contributed by atoms with van der Waals surface area (Å²) in [5.41, 5.74) is 4.48. The lowest BCUT2D eigenvalue weighted by Crippen LogP contribution is -2.16. The van der Waals surface area contributed by atoms with Crippen LogP contribution in [0.5, 0.6) is 0 Å². The molecule has 0 atom stereocenters. The van der Waals surface area contributed by atoms with Crippen molar-refractivity contribution < 1.29 is 15.0 Å². The smallest absolute Gasteiger partial charge is 0.335 e. The van der Waals surface area contributed by atoms with Crippen LogP contribution in [0.2, 0.25) is 0 Å². The second-order valence-electron chi connectivity index (χ2n) is 7.50. The molecular weight excluding hydrogens is 290 g/mol. The van der Waals surface area contributed by atoms with E-state index < -0.39 is 5.97 Å². The molecule has 2 rings (SSSR count). The van der Waals surface area contributed by atoms with Gasteiger partial charge in [-0.25, -0.2) is 4.79 Å². The van der Waals surface area contributed by atoms with Crippen LogP contribution in [0.4, 0.5) is 0 Å². The first-order valence-electron chi connectivity index (χ1n) is 8.11. The van der Waals surface area contributed by atoms with Gasteiger partial charge in [0.15, 0.2) is 0 Å². The number of aliphatic hydroxyl groups is 1. The van der Waals surface area contributed by atoms with Crippen LogP contribution < -0.4 is 0 Å². The lowest BCUT2D eigenvalue weighted by molar-refractivity contribution is 0.0697. The van der Waals surface area contributed by atoms with Crippen LogP contribution in [0.3, 0.4) is 0 Å². The van der Waals surface area contributed by atoms with Crippen molar-refractivity contribution in [2.75, 3.05) is 6.61 Å². The largest absolute Gasteiger partial charge is 0.478 e. The summed E-state index contributed by atoms with van der Waals surface area (Å²) in [5, 5.41) is 20.0. The number of fused-ring (bicyclic) bond motifs is 1. The lowest BCUT2D eigenvalue weighted by atomic mass is 9.83. The van der Waals surface area contributed by atoms with E-state index in [9.17, 15) is 15.0 Å². The highest BCUT2D eigenvalue weighted by molar-refractivity contribution is 5.98. The summed E-state index contributed by atoms with van der Waals surface area (Å²) >= 11 is 0. The van der Waals surface area contributed by atoms with Crippen molar-refractivity contribution in [3.63, 3.8) is 0 Å². The molecule has 1 aromatic heterocycles. The summed E-state index contributed by atoms with van der Waals surface area (Å²) in [5.74, 6) is -0.617. The van der Waals surface area contributed by atoms with Crippen molar-refractivity contribution in [3.05, 3.63) is 34.5 Å². The molecule has 0 saturated carbocycles. The Bertz CT molecular complexity index is 748. The van der Waals surface area contributed by atoms with Crippen molar-refractivity contribution in [1.29, 1.82) is 0 Å². The Morgan fingerprint density at radius 1 is 1.26 bits per heavy atom. The van der Waals surface area contributed by atoms with E-state index in [1.165, 1.54) is 5.56 Å². The highest BCUT2D eigenvalue weighted by Gasteiger charge is 2.26. The predicted octanol–water partition coefficient (Wildman–Crippen LogP) is 4.06. The summed E-state index contributed by atoms with van der Waals surface area (Å²) in [6, 6.07) is 3.56. The van der Waals surface area contributed by atoms with Crippen LogP contribution in [0.15, 0.2) is 12.1 Å². The fraction of sp³-hybridized carbons (Fsp3) is 0.526. The molecule has 0 aliphatic carbocycles. The number of nitrogens with zero attached hydrogens (tertiary/aromatic N) is 1. The molecule has 0 radical (unpaired) electrons. The van der Waals surface area contributed by atoms with Crippen LogP contribution in [0, 0.1) is 6.92 Å². The van der Waals surface area contributed by atoms with Gasteiger partial charge in [0.05, 0.1) is 17.7 Å². The molecule has 0 amide bonds. The Morgan fingerprint density at radius 2 is 1.87 bits per heavy atom. The maximum Gasteiger partial charge on any atom is 0.335 e. The van der Waals surface area contributed by atoms with Crippen molar-refractivity contribution in [3.8, 4) is 0 Å². The molecule has 1 heterocycles. The van der Waals surface area contributed by atoms with Gasteiger partial charge in [0.1, 0.15) is 0 Å². The number of aliphatic hydroxyl groups excluding tert-OH is 1. The molecule has 0 aliphatic heterocycles. The topological polar surface area (TPSA) is 62.5 Å². The van der Waals surface area contributed by atoms with E-state index in [4.69, 9.17) is 0 Å². The minimum Gasteiger partial charge on any atom is -0.478 e. The zero-order chi connectivity index (χ0) is 17.5. The number of carboxylic acid groups (broad SMARTS) is 1. The van der Waals surface area contributed by atoms with Gasteiger partial charge in [-0.15, -0.1) is 0 Å². The standard InChI is InChI=1S/C19H27NO3/c1-11(2)16-12(3)20(7-8-21)17-14(16)9-13(18(22)23)10-15(17)19(4,5)6/h9-11,21H,7-8H2,1-6H3,(H,22,23). The maximum absolute atomic E-state index is 11.6. The molecule has 0 bridgehead atoms.